The van der Waals surface area contributed by atoms with E-state index in [4.69, 9.17) is 0 Å². The molecule has 1 aromatic heterocycles. The fraction of sp³-hybridized carbons (Fsp3) is 0.200. The minimum atomic E-state index is -0.573. The van der Waals surface area contributed by atoms with Gasteiger partial charge in [-0.15, -0.1) is 0 Å². The van der Waals surface area contributed by atoms with Gasteiger partial charge >= 0.3 is 0 Å². The number of rotatable bonds is 3. The molecule has 5 nitrogen and oxygen atoms in total. The number of H-pyrrole nitrogens is 1. The van der Waals surface area contributed by atoms with Crippen molar-refractivity contribution >= 4 is 28.4 Å². The lowest BCUT2D eigenvalue weighted by Crippen LogP contribution is -2.30. The van der Waals surface area contributed by atoms with Gasteiger partial charge in [0.25, 0.3) is 0 Å². The van der Waals surface area contributed by atoms with Gasteiger partial charge in [-0.25, -0.2) is 4.39 Å². The summed E-state index contributed by atoms with van der Waals surface area (Å²) in [6.07, 6.45) is 1.94. The Morgan fingerprint density at radius 3 is 2.88 bits per heavy atom. The van der Waals surface area contributed by atoms with Gasteiger partial charge in [0.2, 0.25) is 11.8 Å². The van der Waals surface area contributed by atoms with Gasteiger partial charge in [-0.3, -0.25) is 9.59 Å². The van der Waals surface area contributed by atoms with Crippen molar-refractivity contribution in [2.45, 2.75) is 12.5 Å². The van der Waals surface area contributed by atoms with E-state index in [-0.39, 0.29) is 24.1 Å². The zero-order valence-electron chi connectivity index (χ0n) is 14.2. The normalized spacial score (nSPS) is 19.9. The molecule has 2 N–H and O–H groups in total. The van der Waals surface area contributed by atoms with Crippen molar-refractivity contribution in [1.29, 1.82) is 0 Å². The summed E-state index contributed by atoms with van der Waals surface area (Å²) in [5.74, 6) is -1.32. The second kappa shape index (κ2) is 6.29. The van der Waals surface area contributed by atoms with Gasteiger partial charge in [-0.2, -0.15) is 0 Å². The Hall–Kier alpha value is -3.15. The van der Waals surface area contributed by atoms with Gasteiger partial charge in [0.05, 0.1) is 12.0 Å². The number of hydrogen-bond acceptors (Lipinski definition) is 2. The molecule has 1 aliphatic rings. The molecule has 0 unspecified atom stereocenters. The molecule has 2 aromatic carbocycles. The van der Waals surface area contributed by atoms with Crippen LogP contribution in [0.5, 0.6) is 0 Å². The van der Waals surface area contributed by atoms with E-state index in [0.717, 1.165) is 10.9 Å². The lowest BCUT2D eigenvalue weighted by molar-refractivity contribution is -0.128. The van der Waals surface area contributed by atoms with Crippen LogP contribution in [0.3, 0.4) is 0 Å². The van der Waals surface area contributed by atoms with Crippen LogP contribution in [0, 0.1) is 11.7 Å². The molecule has 1 fully saturated rings. The smallest absolute Gasteiger partial charge is 0.230 e. The van der Waals surface area contributed by atoms with Crippen LogP contribution < -0.4 is 5.32 Å². The van der Waals surface area contributed by atoms with Gasteiger partial charge in [-0.05, 0) is 42.0 Å². The molecule has 2 heterocycles. The predicted octanol–water partition coefficient (Wildman–Crippen LogP) is 3.47. The highest BCUT2D eigenvalue weighted by molar-refractivity contribution is 5.99. The number of fused-ring (bicyclic) bond motifs is 1. The van der Waals surface area contributed by atoms with Crippen molar-refractivity contribution in [2.24, 2.45) is 5.92 Å². The van der Waals surface area contributed by atoms with Crippen molar-refractivity contribution in [1.82, 2.24) is 9.88 Å². The molecule has 1 saturated heterocycles. The average Bonchev–Trinajstić information content (AvgIpc) is 3.19. The fourth-order valence-electron chi connectivity index (χ4n) is 3.62. The third-order valence-corrected chi connectivity index (χ3v) is 4.93. The summed E-state index contributed by atoms with van der Waals surface area (Å²) in [5, 5.41) is 3.89. The molecule has 132 valence electrons. The highest BCUT2D eigenvalue weighted by atomic mass is 19.1. The molecule has 2 amide bonds. The molecule has 3 aromatic rings. The molecule has 0 bridgehead atoms. The Morgan fingerprint density at radius 2 is 2.08 bits per heavy atom. The van der Waals surface area contributed by atoms with Gasteiger partial charge < -0.3 is 15.2 Å². The third-order valence-electron chi connectivity index (χ3n) is 4.93. The van der Waals surface area contributed by atoms with Crippen LogP contribution in [0.1, 0.15) is 18.0 Å². The second-order valence-corrected chi connectivity index (χ2v) is 6.58. The minimum Gasteiger partial charge on any atom is -0.361 e. The van der Waals surface area contributed by atoms with Gasteiger partial charge in [0, 0.05) is 36.3 Å². The van der Waals surface area contributed by atoms with E-state index < -0.39 is 12.0 Å². The van der Waals surface area contributed by atoms with Gasteiger partial charge in [0.1, 0.15) is 5.82 Å². The van der Waals surface area contributed by atoms with Crippen LogP contribution in [0.25, 0.3) is 10.9 Å². The standard InChI is InChI=1S/C20H18FN3O2/c1-24-18(25)11-16(19(24)13-3-2-4-14(21)9-13)20(26)23-15-5-6-17-12(10-15)7-8-22-17/h2-10,16,19,22H,11H2,1H3,(H,23,26)/t16-,19+/m1/s1. The Labute approximate surface area is 149 Å². The number of benzene rings is 2. The number of nitrogens with one attached hydrogen (secondary N) is 2. The monoisotopic (exact) mass is 351 g/mol. The van der Waals surface area contributed by atoms with E-state index in [0.29, 0.717) is 11.3 Å². The van der Waals surface area contributed by atoms with Crippen molar-refractivity contribution in [2.75, 3.05) is 12.4 Å². The molecule has 0 aliphatic carbocycles. The minimum absolute atomic E-state index is 0.107. The zero-order valence-corrected chi connectivity index (χ0v) is 14.2. The summed E-state index contributed by atoms with van der Waals surface area (Å²) in [7, 11) is 1.65. The first kappa shape index (κ1) is 16.3. The Morgan fingerprint density at radius 1 is 1.23 bits per heavy atom. The first-order valence-corrected chi connectivity index (χ1v) is 8.42. The molecule has 2 atom stereocenters. The summed E-state index contributed by atoms with van der Waals surface area (Å²) >= 11 is 0. The number of hydrogen-bond donors (Lipinski definition) is 2. The topological polar surface area (TPSA) is 65.2 Å². The van der Waals surface area contributed by atoms with E-state index in [1.54, 1.807) is 19.2 Å². The summed E-state index contributed by atoms with van der Waals surface area (Å²) in [4.78, 5) is 29.7. The summed E-state index contributed by atoms with van der Waals surface area (Å²) in [6, 6.07) is 13.1. The molecule has 4 rings (SSSR count). The third kappa shape index (κ3) is 2.83. The van der Waals surface area contributed by atoms with Crippen LogP contribution in [-0.4, -0.2) is 28.7 Å². The Kier molecular flexibility index (Phi) is 3.95. The molecule has 26 heavy (non-hydrogen) atoms. The number of carbonyl (C=O) groups is 2. The SMILES string of the molecule is CN1C(=O)C[C@@H](C(=O)Nc2ccc3[nH]ccc3c2)[C@@H]1c1cccc(F)c1. The molecular weight excluding hydrogens is 333 g/mol. The van der Waals surface area contributed by atoms with Crippen molar-refractivity contribution in [3.8, 4) is 0 Å². The lowest BCUT2D eigenvalue weighted by atomic mass is 9.92. The quantitative estimate of drug-likeness (QED) is 0.759. The van der Waals surface area contributed by atoms with E-state index in [2.05, 4.69) is 10.3 Å². The van der Waals surface area contributed by atoms with Crippen LogP contribution in [0.4, 0.5) is 10.1 Å². The average molecular weight is 351 g/mol. The fourth-order valence-corrected chi connectivity index (χ4v) is 3.62. The summed E-state index contributed by atoms with van der Waals surface area (Å²) in [5.41, 5.74) is 2.28. The molecule has 0 radical (unpaired) electrons. The number of carbonyl (C=O) groups excluding carboxylic acids is 2. The Bertz CT molecular complexity index is 997. The first-order chi connectivity index (χ1) is 12.5. The van der Waals surface area contributed by atoms with Gasteiger partial charge in [0.15, 0.2) is 0 Å². The van der Waals surface area contributed by atoms with E-state index >= 15 is 0 Å². The summed E-state index contributed by atoms with van der Waals surface area (Å²) < 4.78 is 13.6. The van der Waals surface area contributed by atoms with Crippen molar-refractivity contribution < 1.29 is 14.0 Å². The zero-order chi connectivity index (χ0) is 18.3. The maximum atomic E-state index is 13.6. The predicted molar refractivity (Wildman–Crippen MR) is 96.9 cm³/mol. The number of nitrogens with zero attached hydrogens (tertiary/aromatic N) is 1. The molecule has 1 aliphatic heterocycles. The second-order valence-electron chi connectivity index (χ2n) is 6.58. The van der Waals surface area contributed by atoms with Crippen molar-refractivity contribution in [3.63, 3.8) is 0 Å². The number of amides is 2. The number of anilines is 1. The molecule has 0 saturated carbocycles. The van der Waals surface area contributed by atoms with E-state index in [1.807, 2.05) is 30.5 Å². The first-order valence-electron chi connectivity index (χ1n) is 8.42. The van der Waals surface area contributed by atoms with E-state index in [1.165, 1.54) is 17.0 Å². The molecule has 6 heteroatoms. The van der Waals surface area contributed by atoms with Crippen LogP contribution >= 0.6 is 0 Å². The molecular formula is C20H18FN3O2. The maximum Gasteiger partial charge on any atom is 0.230 e. The van der Waals surface area contributed by atoms with Crippen LogP contribution in [0.15, 0.2) is 54.7 Å². The Balaban J connectivity index is 1.61. The van der Waals surface area contributed by atoms with Crippen molar-refractivity contribution in [3.05, 3.63) is 66.1 Å². The number of aromatic nitrogens is 1. The van der Waals surface area contributed by atoms with Crippen LogP contribution in [0.2, 0.25) is 0 Å². The highest BCUT2D eigenvalue weighted by Crippen LogP contribution is 2.38. The van der Waals surface area contributed by atoms with Gasteiger partial charge in [-0.1, -0.05) is 12.1 Å². The summed E-state index contributed by atoms with van der Waals surface area (Å²) in [6.45, 7) is 0. The lowest BCUT2D eigenvalue weighted by Gasteiger charge is -2.25. The number of halogens is 1. The largest absolute Gasteiger partial charge is 0.361 e. The highest BCUT2D eigenvalue weighted by Gasteiger charge is 2.42. The van der Waals surface area contributed by atoms with E-state index in [9.17, 15) is 14.0 Å². The maximum absolute atomic E-state index is 13.6. The van der Waals surface area contributed by atoms with Crippen LogP contribution in [-0.2, 0) is 9.59 Å². The molecule has 0 spiro atoms. The number of aromatic amines is 1. The number of likely N-dealkylation sites (tertiary alicyclic amines) is 1.